The van der Waals surface area contributed by atoms with Crippen LogP contribution >= 0.6 is 11.8 Å². The van der Waals surface area contributed by atoms with Crippen LogP contribution in [0.15, 0.2) is 18.3 Å². The van der Waals surface area contributed by atoms with Gasteiger partial charge >= 0.3 is 0 Å². The van der Waals surface area contributed by atoms with Gasteiger partial charge in [0, 0.05) is 31.9 Å². The summed E-state index contributed by atoms with van der Waals surface area (Å²) < 4.78 is 7.97. The van der Waals surface area contributed by atoms with Crippen molar-refractivity contribution in [3.63, 3.8) is 0 Å². The molecule has 0 N–H and O–H groups in total. The van der Waals surface area contributed by atoms with Crippen LogP contribution in [0.2, 0.25) is 0 Å². The van der Waals surface area contributed by atoms with E-state index in [-0.39, 0.29) is 0 Å². The van der Waals surface area contributed by atoms with Gasteiger partial charge in [-0.3, -0.25) is 0 Å². The average Bonchev–Trinajstić information content (AvgIpc) is 3.15. The van der Waals surface area contributed by atoms with Gasteiger partial charge in [-0.25, -0.2) is 9.97 Å². The summed E-state index contributed by atoms with van der Waals surface area (Å²) in [5.74, 6) is 4.35. The smallest absolute Gasteiger partial charge is 0.160 e. The SMILES string of the molecule is c1cnc2c(c1)nc(CC1CCOC1)n2C1CCSCC1. The van der Waals surface area contributed by atoms with Crippen molar-refractivity contribution in [2.45, 2.75) is 31.7 Å². The molecule has 0 aliphatic carbocycles. The van der Waals surface area contributed by atoms with E-state index in [0.717, 1.165) is 37.2 Å². The molecule has 112 valence electrons. The fourth-order valence-electron chi connectivity index (χ4n) is 3.45. The third kappa shape index (κ3) is 2.69. The first-order chi connectivity index (χ1) is 10.4. The molecule has 1 atom stereocenters. The number of aromatic nitrogens is 3. The van der Waals surface area contributed by atoms with Crippen molar-refractivity contribution in [2.75, 3.05) is 24.7 Å². The lowest BCUT2D eigenvalue weighted by Gasteiger charge is -2.25. The maximum absolute atomic E-state index is 5.53. The third-order valence-corrected chi connectivity index (χ3v) is 5.62. The first kappa shape index (κ1) is 13.6. The van der Waals surface area contributed by atoms with Crippen LogP contribution in [0, 0.1) is 5.92 Å². The van der Waals surface area contributed by atoms with Crippen LogP contribution < -0.4 is 0 Å². The standard InChI is InChI=1S/C16H21N3OS/c1-2-14-16(17-6-1)19(13-4-8-21-9-5-13)15(18-14)10-12-3-7-20-11-12/h1-2,6,12-13H,3-5,7-11H2. The molecule has 5 heteroatoms. The Labute approximate surface area is 129 Å². The third-order valence-electron chi connectivity index (χ3n) is 4.57. The summed E-state index contributed by atoms with van der Waals surface area (Å²) in [5, 5.41) is 0. The monoisotopic (exact) mass is 303 g/mol. The molecule has 2 fully saturated rings. The molecule has 2 aliphatic heterocycles. The minimum atomic E-state index is 0.573. The molecule has 4 heterocycles. The lowest BCUT2D eigenvalue weighted by atomic mass is 10.0. The van der Waals surface area contributed by atoms with Crippen molar-refractivity contribution < 1.29 is 4.74 Å². The van der Waals surface area contributed by atoms with E-state index in [1.165, 1.54) is 30.2 Å². The summed E-state index contributed by atoms with van der Waals surface area (Å²) in [6.07, 6.45) is 6.56. The van der Waals surface area contributed by atoms with Gasteiger partial charge in [0.05, 0.1) is 0 Å². The van der Waals surface area contributed by atoms with Gasteiger partial charge in [0.2, 0.25) is 0 Å². The number of fused-ring (bicyclic) bond motifs is 1. The molecule has 0 amide bonds. The van der Waals surface area contributed by atoms with E-state index in [9.17, 15) is 0 Å². The molecule has 2 aromatic rings. The summed E-state index contributed by atoms with van der Waals surface area (Å²) in [7, 11) is 0. The summed E-state index contributed by atoms with van der Waals surface area (Å²) in [6, 6.07) is 4.65. The predicted octanol–water partition coefficient (Wildman–Crippen LogP) is 3.08. The minimum absolute atomic E-state index is 0.573. The fourth-order valence-corrected chi connectivity index (χ4v) is 4.53. The molecule has 0 aromatic carbocycles. The highest BCUT2D eigenvalue weighted by Gasteiger charge is 2.25. The first-order valence-corrected chi connectivity index (χ1v) is 9.04. The lowest BCUT2D eigenvalue weighted by molar-refractivity contribution is 0.185. The zero-order valence-corrected chi connectivity index (χ0v) is 13.0. The number of rotatable bonds is 3. The number of thioether (sulfide) groups is 1. The van der Waals surface area contributed by atoms with E-state index >= 15 is 0 Å². The van der Waals surface area contributed by atoms with Gasteiger partial charge < -0.3 is 9.30 Å². The summed E-state index contributed by atoms with van der Waals surface area (Å²) in [4.78, 5) is 9.50. The number of imidazole rings is 1. The van der Waals surface area contributed by atoms with Crippen LogP contribution in [0.5, 0.6) is 0 Å². The van der Waals surface area contributed by atoms with Crippen LogP contribution in [0.4, 0.5) is 0 Å². The zero-order chi connectivity index (χ0) is 14.1. The molecule has 4 rings (SSSR count). The van der Waals surface area contributed by atoms with Crippen LogP contribution in [-0.2, 0) is 11.2 Å². The molecule has 4 nitrogen and oxygen atoms in total. The molecule has 0 saturated carbocycles. The maximum atomic E-state index is 5.53. The Kier molecular flexibility index (Phi) is 3.86. The molecule has 0 bridgehead atoms. The molecule has 1 unspecified atom stereocenters. The second-order valence-electron chi connectivity index (χ2n) is 6.02. The Morgan fingerprint density at radius 1 is 1.29 bits per heavy atom. The number of pyridine rings is 1. The molecule has 2 saturated heterocycles. The largest absolute Gasteiger partial charge is 0.381 e. The van der Waals surface area contributed by atoms with Gasteiger partial charge in [0.1, 0.15) is 11.3 Å². The van der Waals surface area contributed by atoms with Crippen molar-refractivity contribution in [1.82, 2.24) is 14.5 Å². The van der Waals surface area contributed by atoms with E-state index in [1.807, 2.05) is 12.3 Å². The Morgan fingerprint density at radius 3 is 3.00 bits per heavy atom. The summed E-state index contributed by atoms with van der Waals surface area (Å²) in [6.45, 7) is 1.79. The average molecular weight is 303 g/mol. The summed E-state index contributed by atoms with van der Waals surface area (Å²) in [5.41, 5.74) is 2.12. The number of hydrogen-bond donors (Lipinski definition) is 0. The van der Waals surface area contributed by atoms with Crippen LogP contribution in [-0.4, -0.2) is 39.3 Å². The summed E-state index contributed by atoms with van der Waals surface area (Å²) >= 11 is 2.07. The van der Waals surface area contributed by atoms with E-state index in [0.29, 0.717) is 12.0 Å². The van der Waals surface area contributed by atoms with Crippen molar-refractivity contribution in [3.8, 4) is 0 Å². The van der Waals surface area contributed by atoms with Crippen LogP contribution in [0.3, 0.4) is 0 Å². The highest BCUT2D eigenvalue weighted by molar-refractivity contribution is 7.99. The quantitative estimate of drug-likeness (QED) is 0.873. The van der Waals surface area contributed by atoms with Gasteiger partial charge in [-0.15, -0.1) is 0 Å². The second kappa shape index (κ2) is 5.97. The first-order valence-electron chi connectivity index (χ1n) is 7.89. The molecule has 2 aromatic heterocycles. The molecule has 2 aliphatic rings. The lowest BCUT2D eigenvalue weighted by Crippen LogP contribution is -2.19. The molecular formula is C16H21N3OS. The van der Waals surface area contributed by atoms with Gasteiger partial charge in [-0.2, -0.15) is 11.8 Å². The molecular weight excluding hydrogens is 282 g/mol. The predicted molar refractivity (Wildman–Crippen MR) is 85.8 cm³/mol. The van der Waals surface area contributed by atoms with Crippen molar-refractivity contribution in [3.05, 3.63) is 24.2 Å². The van der Waals surface area contributed by atoms with Gasteiger partial charge in [-0.1, -0.05) is 0 Å². The topological polar surface area (TPSA) is 39.9 Å². The van der Waals surface area contributed by atoms with Gasteiger partial charge in [0.25, 0.3) is 0 Å². The maximum Gasteiger partial charge on any atom is 0.160 e. The number of ether oxygens (including phenoxy) is 1. The minimum Gasteiger partial charge on any atom is -0.381 e. The molecule has 21 heavy (non-hydrogen) atoms. The molecule has 0 radical (unpaired) electrons. The van der Waals surface area contributed by atoms with Gasteiger partial charge in [0.15, 0.2) is 5.65 Å². The van der Waals surface area contributed by atoms with Crippen LogP contribution in [0.1, 0.15) is 31.1 Å². The van der Waals surface area contributed by atoms with E-state index in [2.05, 4.69) is 27.4 Å². The Balaban J connectivity index is 1.72. The number of hydrogen-bond acceptors (Lipinski definition) is 4. The van der Waals surface area contributed by atoms with Crippen molar-refractivity contribution in [2.24, 2.45) is 5.92 Å². The highest BCUT2D eigenvalue weighted by Crippen LogP contribution is 2.32. The van der Waals surface area contributed by atoms with E-state index in [1.54, 1.807) is 0 Å². The van der Waals surface area contributed by atoms with E-state index in [4.69, 9.17) is 9.72 Å². The van der Waals surface area contributed by atoms with E-state index < -0.39 is 0 Å². The van der Waals surface area contributed by atoms with Gasteiger partial charge in [-0.05, 0) is 48.8 Å². The molecule has 0 spiro atoms. The Bertz CT molecular complexity index is 615. The zero-order valence-electron chi connectivity index (χ0n) is 12.2. The van der Waals surface area contributed by atoms with Crippen molar-refractivity contribution in [1.29, 1.82) is 0 Å². The fraction of sp³-hybridized carbons (Fsp3) is 0.625. The second-order valence-corrected chi connectivity index (χ2v) is 7.25. The Morgan fingerprint density at radius 2 is 2.19 bits per heavy atom. The highest BCUT2D eigenvalue weighted by atomic mass is 32.2. The number of nitrogens with zero attached hydrogens (tertiary/aromatic N) is 3. The Hall–Kier alpha value is -1.07. The normalized spacial score (nSPS) is 23.9. The van der Waals surface area contributed by atoms with Crippen molar-refractivity contribution >= 4 is 22.9 Å². The van der Waals surface area contributed by atoms with Crippen LogP contribution in [0.25, 0.3) is 11.2 Å².